The Morgan fingerprint density at radius 2 is 1.90 bits per heavy atom. The maximum atomic E-state index is 12.5. The smallest absolute Gasteiger partial charge is 0.227 e. The summed E-state index contributed by atoms with van der Waals surface area (Å²) in [6.45, 7) is 5.90. The first kappa shape index (κ1) is 16.0. The minimum atomic E-state index is 0.224. The molecule has 1 heterocycles. The van der Waals surface area contributed by atoms with E-state index in [0.29, 0.717) is 18.9 Å². The van der Waals surface area contributed by atoms with Crippen LogP contribution in [0.5, 0.6) is 0 Å². The fourth-order valence-corrected chi connectivity index (χ4v) is 3.11. The van der Waals surface area contributed by atoms with Gasteiger partial charge in [0.2, 0.25) is 5.91 Å². The Morgan fingerprint density at radius 1 is 1.24 bits per heavy atom. The molecule has 0 saturated carbocycles. The number of hydrogen-bond donors (Lipinski definition) is 1. The largest absolute Gasteiger partial charge is 0.338 e. The molecule has 1 fully saturated rings. The lowest BCUT2D eigenvalue weighted by atomic mass is 9.99. The fraction of sp³-hybridized carbons (Fsp3) is 0.611. The van der Waals surface area contributed by atoms with E-state index in [2.05, 4.69) is 38.1 Å². The first-order valence-corrected chi connectivity index (χ1v) is 8.17. The lowest BCUT2D eigenvalue weighted by Gasteiger charge is -2.35. The van der Waals surface area contributed by atoms with Crippen LogP contribution in [-0.2, 0) is 17.6 Å². The summed E-state index contributed by atoms with van der Waals surface area (Å²) in [5.41, 5.74) is 8.25. The van der Waals surface area contributed by atoms with Crippen LogP contribution in [0.2, 0.25) is 0 Å². The summed E-state index contributed by atoms with van der Waals surface area (Å²) in [7, 11) is 0. The predicted molar refractivity (Wildman–Crippen MR) is 87.1 cm³/mol. The molecule has 3 heteroatoms. The molecule has 2 N–H and O–H groups in total. The van der Waals surface area contributed by atoms with E-state index in [1.165, 1.54) is 12.0 Å². The monoisotopic (exact) mass is 288 g/mol. The molecule has 1 aliphatic rings. The lowest BCUT2D eigenvalue weighted by Crippen LogP contribution is -2.48. The summed E-state index contributed by atoms with van der Waals surface area (Å²) in [5.74, 6) is 0.887. The second kappa shape index (κ2) is 7.60. The molecule has 1 atom stereocenters. The Kier molecular flexibility index (Phi) is 5.80. The van der Waals surface area contributed by atoms with Crippen LogP contribution < -0.4 is 5.73 Å². The molecule has 1 aliphatic heterocycles. The number of benzene rings is 1. The van der Waals surface area contributed by atoms with Crippen molar-refractivity contribution in [2.45, 2.75) is 52.0 Å². The third kappa shape index (κ3) is 4.57. The summed E-state index contributed by atoms with van der Waals surface area (Å²) in [5, 5.41) is 0. The van der Waals surface area contributed by atoms with E-state index < -0.39 is 0 Å². The first-order valence-electron chi connectivity index (χ1n) is 8.17. The van der Waals surface area contributed by atoms with Gasteiger partial charge in [-0.1, -0.05) is 38.1 Å². The van der Waals surface area contributed by atoms with Crippen LogP contribution in [-0.4, -0.2) is 29.9 Å². The third-order valence-corrected chi connectivity index (χ3v) is 4.24. The second-order valence-corrected chi connectivity index (χ2v) is 6.56. The van der Waals surface area contributed by atoms with Crippen molar-refractivity contribution in [1.82, 2.24) is 4.90 Å². The minimum Gasteiger partial charge on any atom is -0.338 e. The van der Waals surface area contributed by atoms with Crippen molar-refractivity contribution in [1.29, 1.82) is 0 Å². The van der Waals surface area contributed by atoms with E-state index in [1.54, 1.807) is 0 Å². The van der Waals surface area contributed by atoms with Gasteiger partial charge in [-0.25, -0.2) is 0 Å². The summed E-state index contributed by atoms with van der Waals surface area (Å²) in [4.78, 5) is 14.5. The topological polar surface area (TPSA) is 46.3 Å². The molecule has 0 radical (unpaired) electrons. The Balaban J connectivity index is 1.95. The van der Waals surface area contributed by atoms with Gasteiger partial charge < -0.3 is 10.6 Å². The van der Waals surface area contributed by atoms with Crippen LogP contribution in [0.25, 0.3) is 0 Å². The molecule has 1 unspecified atom stereocenters. The first-order chi connectivity index (χ1) is 10.1. The van der Waals surface area contributed by atoms with Crippen molar-refractivity contribution in [2.24, 2.45) is 11.7 Å². The number of carbonyl (C=O) groups is 1. The molecule has 0 spiro atoms. The van der Waals surface area contributed by atoms with E-state index in [-0.39, 0.29) is 11.9 Å². The van der Waals surface area contributed by atoms with Crippen LogP contribution in [0.4, 0.5) is 0 Å². The molecular formula is C18H28N2O. The van der Waals surface area contributed by atoms with Crippen LogP contribution in [0.15, 0.2) is 24.3 Å². The van der Waals surface area contributed by atoms with Gasteiger partial charge in [-0.15, -0.1) is 0 Å². The molecule has 3 nitrogen and oxygen atoms in total. The Bertz CT molecular complexity index is 453. The molecule has 0 aromatic heterocycles. The molecule has 0 bridgehead atoms. The van der Waals surface area contributed by atoms with Gasteiger partial charge in [0.1, 0.15) is 0 Å². The van der Waals surface area contributed by atoms with Crippen LogP contribution in [0.3, 0.4) is 0 Å². The second-order valence-electron chi connectivity index (χ2n) is 6.56. The highest BCUT2D eigenvalue weighted by atomic mass is 16.2. The molecule has 1 amide bonds. The van der Waals surface area contributed by atoms with Gasteiger partial charge in [0.25, 0.3) is 0 Å². The standard InChI is InChI=1S/C18H28N2O/c1-14(2)11-15-6-8-16(9-7-15)12-18(21)20-10-4-3-5-17(20)13-19/h6-9,14,17H,3-5,10-13,19H2,1-2H3. The van der Waals surface area contributed by atoms with Crippen molar-refractivity contribution in [2.75, 3.05) is 13.1 Å². The molecule has 1 aromatic carbocycles. The Morgan fingerprint density at radius 3 is 2.52 bits per heavy atom. The molecule has 116 valence electrons. The zero-order valence-electron chi connectivity index (χ0n) is 13.3. The summed E-state index contributed by atoms with van der Waals surface area (Å²) in [6.07, 6.45) is 4.94. The van der Waals surface area contributed by atoms with Crippen molar-refractivity contribution >= 4 is 5.91 Å². The maximum Gasteiger partial charge on any atom is 0.227 e. The lowest BCUT2D eigenvalue weighted by molar-refractivity contribution is -0.133. The zero-order chi connectivity index (χ0) is 15.2. The highest BCUT2D eigenvalue weighted by Crippen LogP contribution is 2.18. The van der Waals surface area contributed by atoms with Crippen molar-refractivity contribution in [3.8, 4) is 0 Å². The molecule has 1 saturated heterocycles. The third-order valence-electron chi connectivity index (χ3n) is 4.24. The van der Waals surface area contributed by atoms with Gasteiger partial charge in [-0.3, -0.25) is 4.79 Å². The molecule has 21 heavy (non-hydrogen) atoms. The zero-order valence-corrected chi connectivity index (χ0v) is 13.3. The van der Waals surface area contributed by atoms with Gasteiger partial charge in [0.15, 0.2) is 0 Å². The minimum absolute atomic E-state index is 0.224. The number of piperidine rings is 1. The maximum absolute atomic E-state index is 12.5. The molecule has 1 aromatic rings. The average molecular weight is 288 g/mol. The predicted octanol–water partition coefficient (Wildman–Crippen LogP) is 2.77. The van der Waals surface area contributed by atoms with Crippen LogP contribution in [0, 0.1) is 5.92 Å². The average Bonchev–Trinajstić information content (AvgIpc) is 2.48. The number of amides is 1. The Hall–Kier alpha value is -1.35. The van der Waals surface area contributed by atoms with E-state index in [1.807, 2.05) is 4.90 Å². The van der Waals surface area contributed by atoms with E-state index in [9.17, 15) is 4.79 Å². The fourth-order valence-electron chi connectivity index (χ4n) is 3.11. The van der Waals surface area contributed by atoms with Gasteiger partial charge in [0.05, 0.1) is 6.42 Å². The van der Waals surface area contributed by atoms with Crippen molar-refractivity contribution in [3.63, 3.8) is 0 Å². The number of carbonyl (C=O) groups excluding carboxylic acids is 1. The number of nitrogens with zero attached hydrogens (tertiary/aromatic N) is 1. The Labute approximate surface area is 128 Å². The summed E-state index contributed by atoms with van der Waals surface area (Å²) in [6, 6.07) is 8.73. The summed E-state index contributed by atoms with van der Waals surface area (Å²) < 4.78 is 0. The quantitative estimate of drug-likeness (QED) is 0.905. The number of rotatable bonds is 5. The number of likely N-dealkylation sites (tertiary alicyclic amines) is 1. The number of nitrogens with two attached hydrogens (primary N) is 1. The van der Waals surface area contributed by atoms with E-state index in [0.717, 1.165) is 31.4 Å². The molecule has 2 rings (SSSR count). The highest BCUT2D eigenvalue weighted by molar-refractivity contribution is 5.79. The van der Waals surface area contributed by atoms with Crippen LogP contribution >= 0.6 is 0 Å². The molecular weight excluding hydrogens is 260 g/mol. The highest BCUT2D eigenvalue weighted by Gasteiger charge is 2.25. The van der Waals surface area contributed by atoms with Gasteiger partial charge in [-0.05, 0) is 42.7 Å². The van der Waals surface area contributed by atoms with Gasteiger partial charge >= 0.3 is 0 Å². The van der Waals surface area contributed by atoms with Crippen molar-refractivity contribution < 1.29 is 4.79 Å². The summed E-state index contributed by atoms with van der Waals surface area (Å²) >= 11 is 0. The van der Waals surface area contributed by atoms with Crippen LogP contribution in [0.1, 0.15) is 44.2 Å². The van der Waals surface area contributed by atoms with Gasteiger partial charge in [0, 0.05) is 19.1 Å². The van der Waals surface area contributed by atoms with E-state index >= 15 is 0 Å². The van der Waals surface area contributed by atoms with E-state index in [4.69, 9.17) is 5.73 Å². The SMILES string of the molecule is CC(C)Cc1ccc(CC(=O)N2CCCCC2CN)cc1. The van der Waals surface area contributed by atoms with Crippen molar-refractivity contribution in [3.05, 3.63) is 35.4 Å². The van der Waals surface area contributed by atoms with Gasteiger partial charge in [-0.2, -0.15) is 0 Å². The molecule has 0 aliphatic carbocycles. The number of hydrogen-bond acceptors (Lipinski definition) is 2. The normalized spacial score (nSPS) is 19.0.